The number of nitrogens with one attached hydrogen (secondary N) is 2. The van der Waals surface area contributed by atoms with Crippen LogP contribution in [-0.2, 0) is 16.0 Å². The van der Waals surface area contributed by atoms with Crippen LogP contribution in [0.15, 0.2) is 29.8 Å². The summed E-state index contributed by atoms with van der Waals surface area (Å²) in [5.74, 6) is -0.758. The van der Waals surface area contributed by atoms with Crippen LogP contribution in [0.25, 0.3) is 0 Å². The lowest BCUT2D eigenvalue weighted by Gasteiger charge is -2.10. The van der Waals surface area contributed by atoms with Crippen LogP contribution < -0.4 is 15.5 Å². The topological polar surface area (TPSA) is 104 Å². The third kappa shape index (κ3) is 4.00. The van der Waals surface area contributed by atoms with Crippen LogP contribution in [0.5, 0.6) is 0 Å². The Hall–Kier alpha value is -2.81. The molecule has 1 saturated heterocycles. The lowest BCUT2D eigenvalue weighted by atomic mass is 10.2. The van der Waals surface area contributed by atoms with Gasteiger partial charge in [-0.1, -0.05) is 6.07 Å². The standard InChI is InChI=1S/C16H17N5O3S/c1-10-9-25-16(19-10)21-14(23)12(20-15(21)24)8-13(22)18-7-5-11-4-2-3-6-17-11/h2-4,6,9,12H,5,7-8H2,1H3,(H,18,22)(H,20,24). The maximum Gasteiger partial charge on any atom is 0.331 e. The molecular weight excluding hydrogens is 342 g/mol. The van der Waals surface area contributed by atoms with Crippen molar-refractivity contribution in [1.82, 2.24) is 20.6 Å². The van der Waals surface area contributed by atoms with Gasteiger partial charge in [0.25, 0.3) is 5.91 Å². The first kappa shape index (κ1) is 17.0. The van der Waals surface area contributed by atoms with Crippen molar-refractivity contribution in [2.75, 3.05) is 11.4 Å². The molecule has 0 radical (unpaired) electrons. The van der Waals surface area contributed by atoms with Crippen molar-refractivity contribution in [3.8, 4) is 0 Å². The number of nitrogens with zero attached hydrogens (tertiary/aromatic N) is 3. The largest absolute Gasteiger partial charge is 0.356 e. The molecule has 0 aromatic carbocycles. The first-order chi connectivity index (χ1) is 12.0. The summed E-state index contributed by atoms with van der Waals surface area (Å²) in [5, 5.41) is 7.34. The monoisotopic (exact) mass is 359 g/mol. The van der Waals surface area contributed by atoms with E-state index in [0.29, 0.717) is 18.1 Å². The van der Waals surface area contributed by atoms with Crippen LogP contribution in [0.1, 0.15) is 17.8 Å². The zero-order valence-corrected chi connectivity index (χ0v) is 14.4. The number of urea groups is 1. The number of rotatable bonds is 6. The van der Waals surface area contributed by atoms with Gasteiger partial charge >= 0.3 is 6.03 Å². The molecule has 3 rings (SSSR count). The highest BCUT2D eigenvalue weighted by atomic mass is 32.1. The number of anilines is 1. The van der Waals surface area contributed by atoms with E-state index in [4.69, 9.17) is 0 Å². The van der Waals surface area contributed by atoms with Crippen molar-refractivity contribution in [3.63, 3.8) is 0 Å². The Labute approximate surface area is 148 Å². The van der Waals surface area contributed by atoms with Gasteiger partial charge in [-0.05, 0) is 19.1 Å². The molecule has 0 bridgehead atoms. The van der Waals surface area contributed by atoms with Gasteiger partial charge in [0, 0.05) is 30.2 Å². The summed E-state index contributed by atoms with van der Waals surface area (Å²) in [6, 6.07) is 4.16. The Morgan fingerprint density at radius 2 is 2.24 bits per heavy atom. The van der Waals surface area contributed by atoms with Crippen molar-refractivity contribution in [3.05, 3.63) is 41.2 Å². The first-order valence-electron chi connectivity index (χ1n) is 7.78. The van der Waals surface area contributed by atoms with Gasteiger partial charge in [0.05, 0.1) is 12.1 Å². The van der Waals surface area contributed by atoms with Crippen molar-refractivity contribution in [1.29, 1.82) is 0 Å². The second-order valence-electron chi connectivity index (χ2n) is 5.57. The number of pyridine rings is 1. The van der Waals surface area contributed by atoms with Crippen LogP contribution in [0.3, 0.4) is 0 Å². The fourth-order valence-electron chi connectivity index (χ4n) is 2.43. The van der Waals surface area contributed by atoms with Gasteiger partial charge in [0.2, 0.25) is 11.0 Å². The Morgan fingerprint density at radius 3 is 2.92 bits per heavy atom. The predicted molar refractivity (Wildman–Crippen MR) is 92.2 cm³/mol. The van der Waals surface area contributed by atoms with Gasteiger partial charge in [-0.15, -0.1) is 11.3 Å². The molecule has 1 atom stereocenters. The number of hydrogen-bond acceptors (Lipinski definition) is 6. The highest BCUT2D eigenvalue weighted by Gasteiger charge is 2.41. The van der Waals surface area contributed by atoms with Crippen molar-refractivity contribution >= 4 is 34.3 Å². The molecule has 2 aromatic heterocycles. The highest BCUT2D eigenvalue weighted by Crippen LogP contribution is 2.24. The van der Waals surface area contributed by atoms with Crippen LogP contribution in [0, 0.1) is 6.92 Å². The molecule has 1 unspecified atom stereocenters. The van der Waals surface area contributed by atoms with Gasteiger partial charge in [0.15, 0.2) is 0 Å². The van der Waals surface area contributed by atoms with E-state index in [1.54, 1.807) is 18.5 Å². The van der Waals surface area contributed by atoms with Crippen molar-refractivity contribution in [2.45, 2.75) is 25.8 Å². The van der Waals surface area contributed by atoms with E-state index < -0.39 is 18.0 Å². The molecule has 25 heavy (non-hydrogen) atoms. The van der Waals surface area contributed by atoms with E-state index in [1.807, 2.05) is 18.2 Å². The lowest BCUT2D eigenvalue weighted by molar-refractivity contribution is -0.125. The average Bonchev–Trinajstić information content (AvgIpc) is 3.12. The summed E-state index contributed by atoms with van der Waals surface area (Å²) in [4.78, 5) is 45.7. The second kappa shape index (κ2) is 7.39. The van der Waals surface area contributed by atoms with Crippen LogP contribution in [-0.4, -0.2) is 40.4 Å². The molecular formula is C16H17N5O3S. The molecule has 0 aliphatic carbocycles. The third-order valence-corrected chi connectivity index (χ3v) is 4.58. The maximum atomic E-state index is 12.4. The Balaban J connectivity index is 1.52. The predicted octanol–water partition coefficient (Wildman–Crippen LogP) is 1.02. The minimum absolute atomic E-state index is 0.104. The van der Waals surface area contributed by atoms with E-state index in [1.165, 1.54) is 11.3 Å². The summed E-state index contributed by atoms with van der Waals surface area (Å²) >= 11 is 1.21. The Kier molecular flexibility index (Phi) is 5.03. The lowest BCUT2D eigenvalue weighted by Crippen LogP contribution is -2.37. The SMILES string of the molecule is Cc1csc(N2C(=O)NC(CC(=O)NCCc3ccccn3)C2=O)n1. The summed E-state index contributed by atoms with van der Waals surface area (Å²) in [7, 11) is 0. The summed E-state index contributed by atoms with van der Waals surface area (Å²) in [5.41, 5.74) is 1.61. The van der Waals surface area contributed by atoms with E-state index >= 15 is 0 Å². The second-order valence-corrected chi connectivity index (χ2v) is 6.41. The molecule has 4 amide bonds. The summed E-state index contributed by atoms with van der Waals surface area (Å²) < 4.78 is 0. The van der Waals surface area contributed by atoms with E-state index in [0.717, 1.165) is 16.3 Å². The van der Waals surface area contributed by atoms with Crippen LogP contribution >= 0.6 is 11.3 Å². The smallest absolute Gasteiger partial charge is 0.331 e. The maximum absolute atomic E-state index is 12.4. The quantitative estimate of drug-likeness (QED) is 0.750. The Bertz CT molecular complexity index is 792. The molecule has 1 aliphatic rings. The fraction of sp³-hybridized carbons (Fsp3) is 0.312. The summed E-state index contributed by atoms with van der Waals surface area (Å²) in [6.45, 7) is 2.20. The van der Waals surface area contributed by atoms with Gasteiger partial charge < -0.3 is 10.6 Å². The summed E-state index contributed by atoms with van der Waals surface area (Å²) in [6.07, 6.45) is 2.19. The molecule has 2 aromatic rings. The number of aryl methyl sites for hydroxylation is 1. The van der Waals surface area contributed by atoms with E-state index in [2.05, 4.69) is 20.6 Å². The molecule has 130 valence electrons. The number of hydrogen-bond donors (Lipinski definition) is 2. The van der Waals surface area contributed by atoms with E-state index in [-0.39, 0.29) is 12.3 Å². The number of carbonyl (C=O) groups is 3. The molecule has 9 heteroatoms. The zero-order chi connectivity index (χ0) is 17.8. The minimum atomic E-state index is -0.869. The normalized spacial score (nSPS) is 16.8. The molecule has 2 N–H and O–H groups in total. The van der Waals surface area contributed by atoms with Crippen molar-refractivity contribution < 1.29 is 14.4 Å². The number of amides is 4. The van der Waals surface area contributed by atoms with Crippen molar-refractivity contribution in [2.24, 2.45) is 0 Å². The highest BCUT2D eigenvalue weighted by molar-refractivity contribution is 7.14. The van der Waals surface area contributed by atoms with Gasteiger partial charge in [-0.2, -0.15) is 0 Å². The zero-order valence-electron chi connectivity index (χ0n) is 13.6. The third-order valence-electron chi connectivity index (χ3n) is 3.64. The molecule has 0 saturated carbocycles. The van der Waals surface area contributed by atoms with E-state index in [9.17, 15) is 14.4 Å². The molecule has 0 spiro atoms. The molecule has 1 aliphatic heterocycles. The molecule has 1 fully saturated rings. The first-order valence-corrected chi connectivity index (χ1v) is 8.66. The number of imide groups is 1. The van der Waals surface area contributed by atoms with Gasteiger partial charge in [-0.25, -0.2) is 14.7 Å². The Morgan fingerprint density at radius 1 is 1.40 bits per heavy atom. The van der Waals surface area contributed by atoms with Gasteiger partial charge in [0.1, 0.15) is 6.04 Å². The van der Waals surface area contributed by atoms with Crippen LogP contribution in [0.2, 0.25) is 0 Å². The number of thiazole rings is 1. The fourth-order valence-corrected chi connectivity index (χ4v) is 3.23. The van der Waals surface area contributed by atoms with Crippen LogP contribution in [0.4, 0.5) is 9.93 Å². The number of aromatic nitrogens is 2. The molecule has 3 heterocycles. The average molecular weight is 359 g/mol. The minimum Gasteiger partial charge on any atom is -0.356 e. The molecule has 8 nitrogen and oxygen atoms in total. The number of carbonyl (C=O) groups excluding carboxylic acids is 3. The van der Waals surface area contributed by atoms with Gasteiger partial charge in [-0.3, -0.25) is 14.6 Å².